The van der Waals surface area contributed by atoms with Gasteiger partial charge in [-0.25, -0.2) is 9.98 Å². The molecule has 0 bridgehead atoms. The van der Waals surface area contributed by atoms with Gasteiger partial charge < -0.3 is 0 Å². The van der Waals surface area contributed by atoms with Gasteiger partial charge >= 0.3 is 0 Å². The number of dihydropyridines is 1. The Morgan fingerprint density at radius 2 is 1.53 bits per heavy atom. The summed E-state index contributed by atoms with van der Waals surface area (Å²) in [5.74, 6) is -0.251. The number of fused-ring (bicyclic) bond motifs is 8. The van der Waals surface area contributed by atoms with Crippen molar-refractivity contribution in [3.05, 3.63) is 95.6 Å². The number of hydrogen-bond acceptors (Lipinski definition) is 2. The van der Waals surface area contributed by atoms with Crippen molar-refractivity contribution in [1.82, 2.24) is 0 Å². The Bertz CT molecular complexity index is 1490. The first-order chi connectivity index (χ1) is 15.8. The summed E-state index contributed by atoms with van der Waals surface area (Å²) >= 11 is 0. The van der Waals surface area contributed by atoms with Gasteiger partial charge in [-0.3, -0.25) is 4.79 Å². The Balaban J connectivity index is 0.000000126. The van der Waals surface area contributed by atoms with Crippen molar-refractivity contribution in [2.75, 3.05) is 0 Å². The van der Waals surface area contributed by atoms with Gasteiger partial charge in [-0.1, -0.05) is 66.7 Å². The van der Waals surface area contributed by atoms with Crippen molar-refractivity contribution in [2.24, 2.45) is 9.98 Å². The van der Waals surface area contributed by atoms with Gasteiger partial charge in [-0.2, -0.15) is 0 Å². The molecule has 2 aliphatic heterocycles. The van der Waals surface area contributed by atoms with Crippen molar-refractivity contribution in [3.63, 3.8) is 0 Å². The van der Waals surface area contributed by atoms with E-state index in [-0.39, 0.29) is 5.91 Å². The largest absolute Gasteiger partial charge is 0.296 e. The molecule has 4 aromatic rings. The second-order valence-electron chi connectivity index (χ2n) is 8.43. The van der Waals surface area contributed by atoms with E-state index in [9.17, 15) is 4.79 Å². The fraction of sp³-hybridized carbons (Fsp3) is 0.138. The quantitative estimate of drug-likeness (QED) is 0.297. The summed E-state index contributed by atoms with van der Waals surface area (Å²) in [4.78, 5) is 19.3. The maximum absolute atomic E-state index is 11.4. The molecule has 0 unspecified atom stereocenters. The summed E-state index contributed by atoms with van der Waals surface area (Å²) in [5.41, 5.74) is 6.40. The SMILES string of the molecule is O=C1N=CC=C2C1=Nc1ccccc12.c1ccc2c(c1)ccc1c3c(ccc12)CCCC3. The molecule has 1 aliphatic carbocycles. The van der Waals surface area contributed by atoms with Crippen LogP contribution in [0.1, 0.15) is 29.5 Å². The number of amides is 1. The molecule has 3 nitrogen and oxygen atoms in total. The van der Waals surface area contributed by atoms with Crippen molar-refractivity contribution in [3.8, 4) is 0 Å². The van der Waals surface area contributed by atoms with E-state index in [0.717, 1.165) is 16.8 Å². The smallest absolute Gasteiger partial charge is 0.265 e. The molecule has 2 heterocycles. The first-order valence-corrected chi connectivity index (χ1v) is 11.2. The molecule has 1 amide bonds. The number of rotatable bonds is 0. The topological polar surface area (TPSA) is 41.8 Å². The van der Waals surface area contributed by atoms with Crippen LogP contribution in [0.5, 0.6) is 0 Å². The Hall–Kier alpha value is -3.85. The summed E-state index contributed by atoms with van der Waals surface area (Å²) in [6.07, 6.45) is 8.57. The molecule has 3 aliphatic rings. The summed E-state index contributed by atoms with van der Waals surface area (Å²) < 4.78 is 0. The lowest BCUT2D eigenvalue weighted by molar-refractivity contribution is -0.111. The van der Waals surface area contributed by atoms with Crippen LogP contribution in [0.2, 0.25) is 0 Å². The first-order valence-electron chi connectivity index (χ1n) is 11.2. The number of hydrogen-bond donors (Lipinski definition) is 0. The third kappa shape index (κ3) is 3.09. The van der Waals surface area contributed by atoms with E-state index in [1.807, 2.05) is 30.3 Å². The number of aryl methyl sites for hydroxylation is 2. The van der Waals surface area contributed by atoms with Gasteiger partial charge in [0.1, 0.15) is 5.71 Å². The van der Waals surface area contributed by atoms with Crippen molar-refractivity contribution in [1.29, 1.82) is 0 Å². The van der Waals surface area contributed by atoms with E-state index in [0.29, 0.717) is 5.71 Å². The van der Waals surface area contributed by atoms with E-state index in [4.69, 9.17) is 0 Å². The number of carbonyl (C=O) groups is 1. The van der Waals surface area contributed by atoms with E-state index in [1.54, 1.807) is 11.1 Å². The molecule has 7 rings (SSSR count). The monoisotopic (exact) mass is 414 g/mol. The van der Waals surface area contributed by atoms with Crippen LogP contribution in [0.25, 0.3) is 27.1 Å². The van der Waals surface area contributed by atoms with E-state index >= 15 is 0 Å². The molecule has 3 heteroatoms. The zero-order chi connectivity index (χ0) is 21.5. The highest BCUT2D eigenvalue weighted by Crippen LogP contribution is 2.35. The molecule has 0 N–H and O–H groups in total. The van der Waals surface area contributed by atoms with Crippen LogP contribution < -0.4 is 0 Å². The lowest BCUT2D eigenvalue weighted by Gasteiger charge is -2.18. The number of para-hydroxylation sites is 1. The number of carbonyl (C=O) groups excluding carboxylic acids is 1. The van der Waals surface area contributed by atoms with Crippen LogP contribution >= 0.6 is 0 Å². The summed E-state index contributed by atoms with van der Waals surface area (Å²) in [6, 6.07) is 25.7. The molecule has 4 aromatic carbocycles. The van der Waals surface area contributed by atoms with Gasteiger partial charge in [-0.15, -0.1) is 0 Å². The molecule has 0 radical (unpaired) electrons. The normalized spacial score (nSPS) is 15.9. The van der Waals surface area contributed by atoms with E-state index in [2.05, 4.69) is 58.5 Å². The highest BCUT2D eigenvalue weighted by Gasteiger charge is 2.26. The Morgan fingerprint density at radius 3 is 2.50 bits per heavy atom. The second-order valence-corrected chi connectivity index (χ2v) is 8.43. The van der Waals surface area contributed by atoms with Crippen molar-refractivity contribution in [2.45, 2.75) is 25.7 Å². The van der Waals surface area contributed by atoms with Crippen LogP contribution in [0, 0.1) is 0 Å². The fourth-order valence-corrected chi connectivity index (χ4v) is 5.02. The summed E-state index contributed by atoms with van der Waals surface area (Å²) in [5, 5.41) is 5.64. The Morgan fingerprint density at radius 1 is 0.719 bits per heavy atom. The highest BCUT2D eigenvalue weighted by molar-refractivity contribution is 6.60. The molecule has 0 fully saturated rings. The standard InChI is InChI=1S/C18H16.C11H6N2O/c1-3-7-15-13(5-1)9-11-18-16-8-4-2-6-14(16)10-12-17(15)18;14-11-10-8(5-6-12-11)7-3-1-2-4-9(7)13-10/h1,3,5,7,9-12H,2,4,6,8H2;1-6H. The van der Waals surface area contributed by atoms with Gasteiger partial charge in [0.25, 0.3) is 5.91 Å². The predicted octanol–water partition coefficient (Wildman–Crippen LogP) is 6.64. The average Bonchev–Trinajstić information content (AvgIpc) is 3.24. The van der Waals surface area contributed by atoms with Crippen LogP contribution in [-0.2, 0) is 17.6 Å². The van der Waals surface area contributed by atoms with Gasteiger partial charge in [0.2, 0.25) is 0 Å². The lowest BCUT2D eigenvalue weighted by Crippen LogP contribution is -2.13. The molecule has 32 heavy (non-hydrogen) atoms. The van der Waals surface area contributed by atoms with Gasteiger partial charge in [0.05, 0.1) is 5.69 Å². The number of nitrogens with zero attached hydrogens (tertiary/aromatic N) is 2. The zero-order valence-electron chi connectivity index (χ0n) is 17.7. The van der Waals surface area contributed by atoms with Crippen LogP contribution in [0.4, 0.5) is 5.69 Å². The molecule has 154 valence electrons. The summed E-state index contributed by atoms with van der Waals surface area (Å²) in [7, 11) is 0. The molecule has 0 saturated carbocycles. The number of aliphatic imine (C=N–C) groups is 2. The highest BCUT2D eigenvalue weighted by atomic mass is 16.1. The maximum atomic E-state index is 11.4. The number of allylic oxidation sites excluding steroid dienone is 1. The van der Waals surface area contributed by atoms with Crippen molar-refractivity contribution < 1.29 is 4.79 Å². The number of benzene rings is 4. The van der Waals surface area contributed by atoms with Crippen LogP contribution in [0.15, 0.2) is 88.9 Å². The van der Waals surface area contributed by atoms with Gasteiger partial charge in [0.15, 0.2) is 0 Å². The lowest BCUT2D eigenvalue weighted by atomic mass is 9.86. The average molecular weight is 415 g/mol. The predicted molar refractivity (Wildman–Crippen MR) is 133 cm³/mol. The van der Waals surface area contributed by atoms with Crippen LogP contribution in [-0.4, -0.2) is 17.8 Å². The van der Waals surface area contributed by atoms with Gasteiger partial charge in [0, 0.05) is 17.4 Å². The van der Waals surface area contributed by atoms with Crippen molar-refractivity contribution >= 4 is 50.6 Å². The minimum Gasteiger partial charge on any atom is -0.265 e. The van der Waals surface area contributed by atoms with E-state index in [1.165, 1.54) is 53.4 Å². The molecule has 0 spiro atoms. The maximum Gasteiger partial charge on any atom is 0.296 e. The minimum atomic E-state index is -0.251. The molecule has 0 aromatic heterocycles. The zero-order valence-corrected chi connectivity index (χ0v) is 17.7. The van der Waals surface area contributed by atoms with Crippen LogP contribution in [0.3, 0.4) is 0 Å². The Kier molecular flexibility index (Phi) is 4.53. The molecule has 0 atom stereocenters. The molecule has 0 saturated heterocycles. The third-order valence-electron chi connectivity index (χ3n) is 6.57. The summed E-state index contributed by atoms with van der Waals surface area (Å²) in [6.45, 7) is 0. The van der Waals surface area contributed by atoms with Gasteiger partial charge in [-0.05, 0) is 70.5 Å². The second kappa shape index (κ2) is 7.69. The Labute approximate surface area is 186 Å². The first kappa shape index (κ1) is 18.9. The minimum absolute atomic E-state index is 0.251. The molecular formula is C29H22N2O. The van der Waals surface area contributed by atoms with E-state index < -0.39 is 0 Å². The fourth-order valence-electron chi connectivity index (χ4n) is 5.02. The third-order valence-corrected chi connectivity index (χ3v) is 6.57. The molecular weight excluding hydrogens is 392 g/mol.